The summed E-state index contributed by atoms with van der Waals surface area (Å²) in [5.74, 6) is -0.0859. The molecule has 3 nitrogen and oxygen atoms in total. The zero-order chi connectivity index (χ0) is 12.1. The van der Waals surface area contributed by atoms with E-state index in [4.69, 9.17) is 16.9 Å². The molecule has 16 heavy (non-hydrogen) atoms. The number of methoxy groups -OCH3 is 1. The van der Waals surface area contributed by atoms with Crippen LogP contribution in [0.15, 0.2) is 16.6 Å². The second-order valence-electron chi connectivity index (χ2n) is 3.09. The average molecular weight is 303 g/mol. The van der Waals surface area contributed by atoms with E-state index in [2.05, 4.69) is 20.7 Å². The van der Waals surface area contributed by atoms with E-state index >= 15 is 0 Å². The first-order valence-electron chi connectivity index (χ1n) is 4.46. The Morgan fingerprint density at radius 3 is 2.81 bits per heavy atom. The molecule has 0 spiro atoms. The number of halogens is 2. The van der Waals surface area contributed by atoms with Crippen LogP contribution in [0, 0.1) is 11.3 Å². The van der Waals surface area contributed by atoms with E-state index in [0.29, 0.717) is 10.0 Å². The highest BCUT2D eigenvalue weighted by Crippen LogP contribution is 2.25. The highest BCUT2D eigenvalue weighted by atomic mass is 79.9. The Morgan fingerprint density at radius 2 is 2.31 bits per heavy atom. The number of carbonyl (C=O) groups is 1. The van der Waals surface area contributed by atoms with Gasteiger partial charge in [0.05, 0.1) is 25.2 Å². The summed E-state index contributed by atoms with van der Waals surface area (Å²) in [6, 6.07) is 5.37. The summed E-state index contributed by atoms with van der Waals surface area (Å²) in [7, 11) is 1.33. The maximum atomic E-state index is 11.2. The molecule has 0 saturated carbocycles. The zero-order valence-electron chi connectivity index (χ0n) is 8.59. The molecule has 0 heterocycles. The van der Waals surface area contributed by atoms with Gasteiger partial charge in [0, 0.05) is 10.4 Å². The lowest BCUT2D eigenvalue weighted by molar-refractivity contribution is -0.139. The van der Waals surface area contributed by atoms with Crippen molar-refractivity contribution in [2.75, 3.05) is 7.11 Å². The number of benzene rings is 1. The molecular weight excluding hydrogens is 293 g/mol. The van der Waals surface area contributed by atoms with Crippen LogP contribution >= 0.6 is 27.5 Å². The van der Waals surface area contributed by atoms with E-state index in [1.165, 1.54) is 7.11 Å². The zero-order valence-corrected chi connectivity index (χ0v) is 10.9. The summed E-state index contributed by atoms with van der Waals surface area (Å²) in [5.41, 5.74) is 2.04. The number of carbonyl (C=O) groups excluding carboxylic acids is 1. The van der Waals surface area contributed by atoms with E-state index in [0.717, 1.165) is 11.1 Å². The summed E-state index contributed by atoms with van der Waals surface area (Å²) in [4.78, 5) is 11.2. The number of alkyl halides is 1. The van der Waals surface area contributed by atoms with Crippen molar-refractivity contribution in [3.63, 3.8) is 0 Å². The van der Waals surface area contributed by atoms with Gasteiger partial charge in [-0.3, -0.25) is 4.79 Å². The van der Waals surface area contributed by atoms with Crippen LogP contribution in [0.25, 0.3) is 0 Å². The van der Waals surface area contributed by atoms with Gasteiger partial charge in [0.2, 0.25) is 0 Å². The molecule has 1 aromatic carbocycles. The van der Waals surface area contributed by atoms with Gasteiger partial charge in [0.1, 0.15) is 0 Å². The van der Waals surface area contributed by atoms with Crippen molar-refractivity contribution in [3.8, 4) is 6.07 Å². The minimum Gasteiger partial charge on any atom is -0.469 e. The maximum Gasteiger partial charge on any atom is 0.310 e. The first-order chi connectivity index (χ1) is 7.62. The first kappa shape index (κ1) is 13.0. The van der Waals surface area contributed by atoms with E-state index in [1.807, 2.05) is 6.07 Å². The molecule has 0 radical (unpaired) electrons. The number of hydrogen-bond donors (Lipinski definition) is 0. The van der Waals surface area contributed by atoms with E-state index < -0.39 is 0 Å². The minimum absolute atomic E-state index is 0.144. The fourth-order valence-corrected chi connectivity index (χ4v) is 2.17. The first-order valence-corrected chi connectivity index (χ1v) is 5.79. The van der Waals surface area contributed by atoms with Crippen LogP contribution in [-0.2, 0) is 21.8 Å². The molecule has 1 rings (SSSR count). The largest absolute Gasteiger partial charge is 0.469 e. The lowest BCUT2D eigenvalue weighted by Gasteiger charge is -2.09. The molecule has 0 aliphatic carbocycles. The van der Waals surface area contributed by atoms with Gasteiger partial charge in [-0.05, 0) is 23.3 Å². The Balaban J connectivity index is 3.17. The molecule has 0 unspecified atom stereocenters. The Kier molecular flexibility index (Phi) is 4.78. The molecule has 0 bridgehead atoms. The third kappa shape index (κ3) is 2.97. The molecule has 0 fully saturated rings. The molecule has 0 aliphatic heterocycles. The summed E-state index contributed by atoms with van der Waals surface area (Å²) >= 11 is 9.10. The van der Waals surface area contributed by atoms with Crippen molar-refractivity contribution in [3.05, 3.63) is 33.3 Å². The van der Waals surface area contributed by atoms with Crippen LogP contribution in [0.3, 0.4) is 0 Å². The second-order valence-corrected chi connectivity index (χ2v) is 4.22. The molecule has 0 N–H and O–H groups in total. The molecule has 84 valence electrons. The highest BCUT2D eigenvalue weighted by molar-refractivity contribution is 9.10. The third-order valence-corrected chi connectivity index (χ3v) is 3.11. The highest BCUT2D eigenvalue weighted by Gasteiger charge is 2.13. The molecule has 0 amide bonds. The topological polar surface area (TPSA) is 50.1 Å². The normalized spacial score (nSPS) is 9.62. The lowest BCUT2D eigenvalue weighted by atomic mass is 10.0. The molecule has 0 atom stereocenters. The van der Waals surface area contributed by atoms with Gasteiger partial charge in [-0.15, -0.1) is 11.6 Å². The maximum absolute atomic E-state index is 11.2. The predicted molar refractivity (Wildman–Crippen MR) is 64.1 cm³/mol. The predicted octanol–water partition coefficient (Wildman–Crippen LogP) is 2.78. The average Bonchev–Trinajstić information content (AvgIpc) is 2.30. The van der Waals surface area contributed by atoms with Crippen molar-refractivity contribution < 1.29 is 9.53 Å². The van der Waals surface area contributed by atoms with Gasteiger partial charge in [0.15, 0.2) is 0 Å². The van der Waals surface area contributed by atoms with Crippen molar-refractivity contribution in [1.82, 2.24) is 0 Å². The number of nitrogens with zero attached hydrogens (tertiary/aromatic N) is 1. The third-order valence-electron chi connectivity index (χ3n) is 2.11. The summed E-state index contributed by atoms with van der Waals surface area (Å²) in [6.45, 7) is 0. The molecule has 0 aliphatic rings. The number of rotatable bonds is 3. The Labute approximate surface area is 107 Å². The van der Waals surface area contributed by atoms with Crippen LogP contribution < -0.4 is 0 Å². The standard InChI is InChI=1S/C11H9BrClNO2/c1-16-11(15)4-9-8(5-13)2-7(6-14)3-10(9)12/h2-3H,4-5H2,1H3. The SMILES string of the molecule is COC(=O)Cc1c(Br)cc(C#N)cc1CCl. The molecule has 1 aromatic rings. The van der Waals surface area contributed by atoms with Crippen molar-refractivity contribution in [2.45, 2.75) is 12.3 Å². The van der Waals surface area contributed by atoms with Gasteiger partial charge < -0.3 is 4.74 Å². The molecule has 0 saturated heterocycles. The molecule has 0 aromatic heterocycles. The number of esters is 1. The van der Waals surface area contributed by atoms with Crippen LogP contribution in [0.1, 0.15) is 16.7 Å². The Bertz CT molecular complexity index is 454. The van der Waals surface area contributed by atoms with Gasteiger partial charge in [-0.1, -0.05) is 15.9 Å². The van der Waals surface area contributed by atoms with Crippen LogP contribution in [0.4, 0.5) is 0 Å². The van der Waals surface area contributed by atoms with Crippen molar-refractivity contribution in [2.24, 2.45) is 0 Å². The van der Waals surface area contributed by atoms with Gasteiger partial charge in [-0.25, -0.2) is 0 Å². The number of nitriles is 1. The number of ether oxygens (including phenoxy) is 1. The van der Waals surface area contributed by atoms with Gasteiger partial charge in [0.25, 0.3) is 0 Å². The summed E-state index contributed by atoms with van der Waals surface area (Å²) in [6.07, 6.45) is 0.144. The van der Waals surface area contributed by atoms with Crippen molar-refractivity contribution >= 4 is 33.5 Å². The van der Waals surface area contributed by atoms with E-state index in [1.54, 1.807) is 12.1 Å². The monoisotopic (exact) mass is 301 g/mol. The van der Waals surface area contributed by atoms with Crippen LogP contribution in [0.2, 0.25) is 0 Å². The van der Waals surface area contributed by atoms with E-state index in [-0.39, 0.29) is 18.3 Å². The Morgan fingerprint density at radius 1 is 1.62 bits per heavy atom. The smallest absolute Gasteiger partial charge is 0.310 e. The van der Waals surface area contributed by atoms with Gasteiger partial charge in [-0.2, -0.15) is 5.26 Å². The summed E-state index contributed by atoms with van der Waals surface area (Å²) in [5, 5.41) is 8.80. The molecular formula is C11H9BrClNO2. The van der Waals surface area contributed by atoms with E-state index in [9.17, 15) is 4.79 Å². The fraction of sp³-hybridized carbons (Fsp3) is 0.273. The Hall–Kier alpha value is -1.05. The molecule has 5 heteroatoms. The van der Waals surface area contributed by atoms with Crippen LogP contribution in [-0.4, -0.2) is 13.1 Å². The number of hydrogen-bond acceptors (Lipinski definition) is 3. The summed E-state index contributed by atoms with van der Waals surface area (Å²) < 4.78 is 5.30. The second kappa shape index (κ2) is 5.88. The van der Waals surface area contributed by atoms with Crippen LogP contribution in [0.5, 0.6) is 0 Å². The minimum atomic E-state index is -0.336. The lowest BCUT2D eigenvalue weighted by Crippen LogP contribution is -2.07. The van der Waals surface area contributed by atoms with Gasteiger partial charge >= 0.3 is 5.97 Å². The van der Waals surface area contributed by atoms with Crippen molar-refractivity contribution in [1.29, 1.82) is 5.26 Å². The quantitative estimate of drug-likeness (QED) is 0.637. The fourth-order valence-electron chi connectivity index (χ4n) is 1.29.